The molecule has 0 N–H and O–H groups in total. The van der Waals surface area contributed by atoms with E-state index in [4.69, 9.17) is 23.2 Å². The zero-order chi connectivity index (χ0) is 22.5. The van der Waals surface area contributed by atoms with Crippen LogP contribution in [0.25, 0.3) is 6.08 Å². The Labute approximate surface area is 194 Å². The summed E-state index contributed by atoms with van der Waals surface area (Å²) in [5.41, 5.74) is 0.812. The van der Waals surface area contributed by atoms with Crippen molar-refractivity contribution in [3.63, 3.8) is 0 Å². The third-order valence-corrected chi connectivity index (χ3v) is 6.27. The predicted molar refractivity (Wildman–Crippen MR) is 126 cm³/mol. The van der Waals surface area contributed by atoms with Gasteiger partial charge in [0.1, 0.15) is 11.5 Å². The number of carbonyl (C=O) groups excluding carboxylic acids is 2. The van der Waals surface area contributed by atoms with Gasteiger partial charge in [0.25, 0.3) is 5.91 Å². The molecule has 3 rings (SSSR count). The van der Waals surface area contributed by atoms with Crippen molar-refractivity contribution in [2.24, 2.45) is 4.99 Å². The molecule has 2 aromatic rings. The molecule has 0 unspecified atom stereocenters. The summed E-state index contributed by atoms with van der Waals surface area (Å²) in [6.45, 7) is 4.96. The van der Waals surface area contributed by atoms with Gasteiger partial charge in [-0.05, 0) is 49.8 Å². The number of thioether (sulfide) groups is 1. The van der Waals surface area contributed by atoms with Crippen LogP contribution < -0.4 is 4.90 Å². The van der Waals surface area contributed by atoms with Crippen LogP contribution in [0.4, 0.5) is 10.1 Å². The molecule has 0 saturated heterocycles. The van der Waals surface area contributed by atoms with Crippen molar-refractivity contribution in [2.45, 2.75) is 13.8 Å². The SMILES string of the molecule is CCN(CC)C(=O)CSC1=NC(=Cc2ccc(Cl)c(Cl)c2)C(=O)N1c1ccccc1F. The zero-order valence-electron chi connectivity index (χ0n) is 16.9. The lowest BCUT2D eigenvalue weighted by Gasteiger charge is -2.20. The van der Waals surface area contributed by atoms with Gasteiger partial charge in [-0.1, -0.05) is 53.2 Å². The fraction of sp³-hybridized carbons (Fsp3) is 0.227. The van der Waals surface area contributed by atoms with Gasteiger partial charge < -0.3 is 4.90 Å². The zero-order valence-corrected chi connectivity index (χ0v) is 19.3. The Hall–Kier alpha value is -2.35. The molecule has 2 amide bonds. The third-order valence-electron chi connectivity index (χ3n) is 4.61. The number of aliphatic imine (C=N–C) groups is 1. The van der Waals surface area contributed by atoms with E-state index >= 15 is 0 Å². The van der Waals surface area contributed by atoms with Crippen LogP contribution in [0.1, 0.15) is 19.4 Å². The van der Waals surface area contributed by atoms with E-state index < -0.39 is 11.7 Å². The highest BCUT2D eigenvalue weighted by Crippen LogP contribution is 2.32. The maximum absolute atomic E-state index is 14.5. The number of carbonyl (C=O) groups is 2. The normalized spacial score (nSPS) is 14.9. The van der Waals surface area contributed by atoms with Gasteiger partial charge in [-0.15, -0.1) is 0 Å². The van der Waals surface area contributed by atoms with Crippen LogP contribution in [0, 0.1) is 5.82 Å². The van der Waals surface area contributed by atoms with Gasteiger partial charge in [0.15, 0.2) is 5.17 Å². The van der Waals surface area contributed by atoms with Gasteiger partial charge in [0, 0.05) is 13.1 Å². The van der Waals surface area contributed by atoms with Gasteiger partial charge in [0.2, 0.25) is 5.91 Å². The second-order valence-electron chi connectivity index (χ2n) is 6.54. The van der Waals surface area contributed by atoms with Gasteiger partial charge in [-0.3, -0.25) is 14.5 Å². The topological polar surface area (TPSA) is 53.0 Å². The van der Waals surface area contributed by atoms with Crippen LogP contribution in [-0.2, 0) is 9.59 Å². The number of amidine groups is 1. The molecule has 0 radical (unpaired) electrons. The minimum Gasteiger partial charge on any atom is -0.343 e. The smallest absolute Gasteiger partial charge is 0.283 e. The summed E-state index contributed by atoms with van der Waals surface area (Å²) < 4.78 is 14.5. The number of para-hydroxylation sites is 1. The van der Waals surface area contributed by atoms with Crippen molar-refractivity contribution in [2.75, 3.05) is 23.7 Å². The second kappa shape index (κ2) is 10.3. The Kier molecular flexibility index (Phi) is 7.75. The Morgan fingerprint density at radius 3 is 2.52 bits per heavy atom. The number of nitrogens with zero attached hydrogens (tertiary/aromatic N) is 3. The van der Waals surface area contributed by atoms with E-state index in [-0.39, 0.29) is 28.2 Å². The lowest BCUT2D eigenvalue weighted by Crippen LogP contribution is -2.35. The van der Waals surface area contributed by atoms with E-state index in [0.717, 1.165) is 11.8 Å². The van der Waals surface area contributed by atoms with E-state index in [1.807, 2.05) is 13.8 Å². The minimum atomic E-state index is -0.560. The summed E-state index contributed by atoms with van der Waals surface area (Å²) in [5, 5.41) is 0.974. The quantitative estimate of drug-likeness (QED) is 0.515. The highest BCUT2D eigenvalue weighted by atomic mass is 35.5. The molecule has 0 spiro atoms. The number of rotatable bonds is 6. The molecule has 162 valence electrons. The molecule has 9 heteroatoms. The van der Waals surface area contributed by atoms with E-state index in [9.17, 15) is 14.0 Å². The van der Waals surface area contributed by atoms with Gasteiger partial charge in [0.05, 0.1) is 21.5 Å². The first-order chi connectivity index (χ1) is 14.8. The summed E-state index contributed by atoms with van der Waals surface area (Å²) in [4.78, 5) is 32.8. The molecular formula is C22H20Cl2FN3O2S. The molecule has 0 saturated carbocycles. The van der Waals surface area contributed by atoms with Crippen LogP contribution in [0.15, 0.2) is 53.2 Å². The lowest BCUT2D eigenvalue weighted by molar-refractivity contribution is -0.128. The monoisotopic (exact) mass is 479 g/mol. The number of benzene rings is 2. The fourth-order valence-corrected chi connectivity index (χ4v) is 4.21. The van der Waals surface area contributed by atoms with Crippen LogP contribution in [0.5, 0.6) is 0 Å². The van der Waals surface area contributed by atoms with Crippen molar-refractivity contribution < 1.29 is 14.0 Å². The molecule has 0 atom stereocenters. The van der Waals surface area contributed by atoms with E-state index in [1.54, 1.807) is 41.3 Å². The molecule has 0 aliphatic carbocycles. The Morgan fingerprint density at radius 1 is 1.16 bits per heavy atom. The molecule has 31 heavy (non-hydrogen) atoms. The molecular weight excluding hydrogens is 460 g/mol. The van der Waals surface area contributed by atoms with Crippen molar-refractivity contribution in [3.05, 3.63) is 69.6 Å². The molecule has 0 bridgehead atoms. The van der Waals surface area contributed by atoms with E-state index in [1.165, 1.54) is 17.0 Å². The molecule has 1 heterocycles. The summed E-state index contributed by atoms with van der Waals surface area (Å²) in [6.07, 6.45) is 1.55. The highest BCUT2D eigenvalue weighted by Gasteiger charge is 2.34. The molecule has 2 aromatic carbocycles. The minimum absolute atomic E-state index is 0.0755. The molecule has 1 aliphatic rings. The first-order valence-electron chi connectivity index (χ1n) is 9.60. The summed E-state index contributed by atoms with van der Waals surface area (Å²) in [5.74, 6) is -1.05. The summed E-state index contributed by atoms with van der Waals surface area (Å²) in [6, 6.07) is 10.9. The van der Waals surface area contributed by atoms with Crippen LogP contribution in [0.2, 0.25) is 10.0 Å². The highest BCUT2D eigenvalue weighted by molar-refractivity contribution is 8.14. The number of halogens is 3. The van der Waals surface area contributed by atoms with Gasteiger partial charge >= 0.3 is 0 Å². The first kappa shape index (κ1) is 23.3. The third kappa shape index (κ3) is 5.29. The average Bonchev–Trinajstić information content (AvgIpc) is 3.05. The summed E-state index contributed by atoms with van der Waals surface area (Å²) >= 11 is 13.1. The standard InChI is InChI=1S/C22H20Cl2FN3O2S/c1-3-27(4-2)20(29)13-31-22-26-18(12-14-9-10-15(23)16(24)11-14)21(30)28(22)19-8-6-5-7-17(19)25/h5-12H,3-4,13H2,1-2H3. The fourth-order valence-electron chi connectivity index (χ4n) is 2.99. The van der Waals surface area contributed by atoms with Gasteiger partial charge in [-0.2, -0.15) is 0 Å². The van der Waals surface area contributed by atoms with E-state index in [2.05, 4.69) is 4.99 Å². The van der Waals surface area contributed by atoms with Crippen molar-refractivity contribution >= 4 is 63.7 Å². The molecule has 1 aliphatic heterocycles. The van der Waals surface area contributed by atoms with E-state index in [0.29, 0.717) is 28.7 Å². The van der Waals surface area contributed by atoms with Gasteiger partial charge in [-0.25, -0.2) is 9.38 Å². The maximum Gasteiger partial charge on any atom is 0.283 e. The number of hydrogen-bond acceptors (Lipinski definition) is 4. The first-order valence-corrected chi connectivity index (χ1v) is 11.3. The number of hydrogen-bond donors (Lipinski definition) is 0. The Morgan fingerprint density at radius 2 is 1.87 bits per heavy atom. The number of anilines is 1. The Bertz CT molecular complexity index is 1070. The lowest BCUT2D eigenvalue weighted by atomic mass is 10.2. The van der Waals surface area contributed by atoms with Crippen LogP contribution in [0.3, 0.4) is 0 Å². The molecule has 0 aromatic heterocycles. The van der Waals surface area contributed by atoms with Crippen molar-refractivity contribution in [3.8, 4) is 0 Å². The largest absolute Gasteiger partial charge is 0.343 e. The van der Waals surface area contributed by atoms with Crippen LogP contribution >= 0.6 is 35.0 Å². The maximum atomic E-state index is 14.5. The second-order valence-corrected chi connectivity index (χ2v) is 8.30. The molecule has 0 fully saturated rings. The molecule has 5 nitrogen and oxygen atoms in total. The van der Waals surface area contributed by atoms with Crippen molar-refractivity contribution in [1.82, 2.24) is 4.90 Å². The van der Waals surface area contributed by atoms with Crippen LogP contribution in [-0.4, -0.2) is 40.7 Å². The number of amides is 2. The van der Waals surface area contributed by atoms with Crippen molar-refractivity contribution in [1.29, 1.82) is 0 Å². The summed E-state index contributed by atoms with van der Waals surface area (Å²) in [7, 11) is 0. The predicted octanol–water partition coefficient (Wildman–Crippen LogP) is 5.48. The average molecular weight is 480 g/mol. The Balaban J connectivity index is 1.95.